The third kappa shape index (κ3) is 3.81. The van der Waals surface area contributed by atoms with Gasteiger partial charge in [0.15, 0.2) is 0 Å². The molecule has 1 saturated heterocycles. The van der Waals surface area contributed by atoms with Gasteiger partial charge in [-0.15, -0.1) is 11.3 Å². The van der Waals surface area contributed by atoms with Gasteiger partial charge >= 0.3 is 0 Å². The maximum absolute atomic E-state index is 13.2. The van der Waals surface area contributed by atoms with Crippen molar-refractivity contribution in [3.8, 4) is 0 Å². The lowest BCUT2D eigenvalue weighted by Crippen LogP contribution is -2.47. The summed E-state index contributed by atoms with van der Waals surface area (Å²) in [5.41, 5.74) is 3.62. The summed E-state index contributed by atoms with van der Waals surface area (Å²) in [5.74, 6) is -0.0524. The summed E-state index contributed by atoms with van der Waals surface area (Å²) in [7, 11) is 0. The molecule has 0 atom stereocenters. The highest BCUT2D eigenvalue weighted by Crippen LogP contribution is 2.35. The number of benzene rings is 1. The zero-order chi connectivity index (χ0) is 20.5. The van der Waals surface area contributed by atoms with E-state index in [2.05, 4.69) is 41.0 Å². The van der Waals surface area contributed by atoms with Crippen molar-refractivity contribution in [3.63, 3.8) is 0 Å². The first-order valence-electron chi connectivity index (χ1n) is 10.2. The van der Waals surface area contributed by atoms with Gasteiger partial charge in [0.05, 0.1) is 5.57 Å². The average Bonchev–Trinajstić information content (AvgIpc) is 3.30. The molecule has 2 aliphatic rings. The van der Waals surface area contributed by atoms with Crippen LogP contribution in [0.25, 0.3) is 5.57 Å². The van der Waals surface area contributed by atoms with Gasteiger partial charge in [-0.05, 0) is 42.0 Å². The van der Waals surface area contributed by atoms with Crippen molar-refractivity contribution >= 4 is 34.4 Å². The molecule has 1 aromatic carbocycles. The van der Waals surface area contributed by atoms with E-state index in [9.17, 15) is 9.59 Å². The Morgan fingerprint density at radius 1 is 0.966 bits per heavy atom. The molecule has 0 saturated carbocycles. The molecule has 0 aliphatic carbocycles. The van der Waals surface area contributed by atoms with Crippen molar-refractivity contribution in [2.75, 3.05) is 37.6 Å². The lowest BCUT2D eigenvalue weighted by atomic mass is 10.1. The van der Waals surface area contributed by atoms with Gasteiger partial charge in [-0.1, -0.05) is 32.0 Å². The first-order valence-corrected chi connectivity index (χ1v) is 11.0. The zero-order valence-electron chi connectivity index (χ0n) is 17.2. The van der Waals surface area contributed by atoms with E-state index >= 15 is 0 Å². The van der Waals surface area contributed by atoms with Crippen molar-refractivity contribution in [1.82, 2.24) is 9.80 Å². The minimum Gasteiger partial charge on any atom is -0.368 e. The number of thiophene rings is 1. The van der Waals surface area contributed by atoms with Gasteiger partial charge in [0.2, 0.25) is 0 Å². The number of imide groups is 1. The Kier molecular flexibility index (Phi) is 5.46. The Morgan fingerprint density at radius 2 is 1.69 bits per heavy atom. The van der Waals surface area contributed by atoms with Crippen LogP contribution in [0.4, 0.5) is 5.69 Å². The minimum absolute atomic E-state index is 0.142. The number of hydrogen-bond donors (Lipinski definition) is 0. The van der Waals surface area contributed by atoms with Crippen LogP contribution in [0.2, 0.25) is 0 Å². The van der Waals surface area contributed by atoms with E-state index < -0.39 is 0 Å². The number of piperazine rings is 1. The SMILES string of the molecule is Cc1cccc(N2CCN(C3=C(c4cccs4)C(=O)N(CC(C)C)C3=O)CC2)c1. The van der Waals surface area contributed by atoms with Crippen LogP contribution >= 0.6 is 11.3 Å². The molecule has 1 fully saturated rings. The predicted molar refractivity (Wildman–Crippen MR) is 118 cm³/mol. The van der Waals surface area contributed by atoms with Crippen LogP contribution in [0.15, 0.2) is 47.5 Å². The average molecular weight is 410 g/mol. The fourth-order valence-electron chi connectivity index (χ4n) is 4.04. The molecule has 1 aromatic heterocycles. The van der Waals surface area contributed by atoms with E-state index in [1.165, 1.54) is 27.5 Å². The third-order valence-corrected chi connectivity index (χ3v) is 6.31. The summed E-state index contributed by atoms with van der Waals surface area (Å²) < 4.78 is 0. The quantitative estimate of drug-likeness (QED) is 0.708. The van der Waals surface area contributed by atoms with Crippen molar-refractivity contribution in [2.45, 2.75) is 20.8 Å². The molecule has 0 N–H and O–H groups in total. The summed E-state index contributed by atoms with van der Waals surface area (Å²) in [6, 6.07) is 12.4. The van der Waals surface area contributed by atoms with E-state index in [1.54, 1.807) is 0 Å². The number of anilines is 1. The minimum atomic E-state index is -0.151. The fraction of sp³-hybridized carbons (Fsp3) is 0.391. The Morgan fingerprint density at radius 3 is 2.31 bits per heavy atom. The van der Waals surface area contributed by atoms with Gasteiger partial charge < -0.3 is 9.80 Å². The number of rotatable bonds is 5. The number of aryl methyl sites for hydroxylation is 1. The molecule has 0 spiro atoms. The lowest BCUT2D eigenvalue weighted by molar-refractivity contribution is -0.138. The first-order chi connectivity index (χ1) is 14.0. The van der Waals surface area contributed by atoms with Crippen LogP contribution in [0.1, 0.15) is 24.3 Å². The Hall–Kier alpha value is -2.60. The monoisotopic (exact) mass is 409 g/mol. The molecule has 0 bridgehead atoms. The summed E-state index contributed by atoms with van der Waals surface area (Å²) in [5, 5.41) is 1.96. The molecular weight excluding hydrogens is 382 g/mol. The smallest absolute Gasteiger partial charge is 0.277 e. The fourth-order valence-corrected chi connectivity index (χ4v) is 4.81. The highest BCUT2D eigenvalue weighted by molar-refractivity contribution is 7.11. The van der Waals surface area contributed by atoms with Crippen molar-refractivity contribution < 1.29 is 9.59 Å². The van der Waals surface area contributed by atoms with Crippen LogP contribution < -0.4 is 4.90 Å². The summed E-state index contributed by atoms with van der Waals surface area (Å²) >= 11 is 1.52. The van der Waals surface area contributed by atoms with E-state index in [-0.39, 0.29) is 17.7 Å². The highest BCUT2D eigenvalue weighted by atomic mass is 32.1. The van der Waals surface area contributed by atoms with Crippen LogP contribution in [0.5, 0.6) is 0 Å². The topological polar surface area (TPSA) is 43.9 Å². The van der Waals surface area contributed by atoms with Gasteiger partial charge in [0, 0.05) is 43.3 Å². The van der Waals surface area contributed by atoms with Crippen molar-refractivity contribution in [3.05, 3.63) is 57.9 Å². The normalized spacial score (nSPS) is 17.9. The molecule has 6 heteroatoms. The highest BCUT2D eigenvalue weighted by Gasteiger charge is 2.42. The molecule has 0 radical (unpaired) electrons. The molecule has 4 rings (SSSR count). The van der Waals surface area contributed by atoms with Crippen LogP contribution in [0.3, 0.4) is 0 Å². The molecule has 2 amide bonds. The van der Waals surface area contributed by atoms with Crippen LogP contribution in [-0.2, 0) is 9.59 Å². The molecule has 5 nitrogen and oxygen atoms in total. The molecule has 2 aliphatic heterocycles. The number of carbonyl (C=O) groups excluding carboxylic acids is 2. The Bertz CT molecular complexity index is 941. The molecular formula is C23H27N3O2S. The zero-order valence-corrected chi connectivity index (χ0v) is 18.0. The van der Waals surface area contributed by atoms with E-state index in [4.69, 9.17) is 0 Å². The van der Waals surface area contributed by atoms with Gasteiger partial charge in [-0.3, -0.25) is 14.5 Å². The Labute approximate surface area is 176 Å². The van der Waals surface area contributed by atoms with Crippen LogP contribution in [0, 0.1) is 12.8 Å². The number of hydrogen-bond acceptors (Lipinski definition) is 5. The second-order valence-electron chi connectivity index (χ2n) is 8.13. The summed E-state index contributed by atoms with van der Waals surface area (Å²) in [6.07, 6.45) is 0. The van der Waals surface area contributed by atoms with Gasteiger partial charge in [-0.25, -0.2) is 0 Å². The van der Waals surface area contributed by atoms with E-state index in [0.29, 0.717) is 17.8 Å². The van der Waals surface area contributed by atoms with Crippen LogP contribution in [-0.4, -0.2) is 54.3 Å². The molecule has 2 aromatic rings. The Balaban J connectivity index is 1.60. The second kappa shape index (κ2) is 8.03. The maximum Gasteiger partial charge on any atom is 0.277 e. The maximum atomic E-state index is 13.2. The van der Waals surface area contributed by atoms with Gasteiger partial charge in [-0.2, -0.15) is 0 Å². The standard InChI is InChI=1S/C23H27N3O2S/c1-16(2)15-26-22(27)20(19-8-5-13-29-19)21(23(26)28)25-11-9-24(10-12-25)18-7-4-6-17(3)14-18/h4-8,13-14,16H,9-12,15H2,1-3H3. The van der Waals surface area contributed by atoms with E-state index in [0.717, 1.165) is 31.1 Å². The summed E-state index contributed by atoms with van der Waals surface area (Å²) in [6.45, 7) is 9.74. The molecule has 0 unspecified atom stereocenters. The number of nitrogens with zero attached hydrogens (tertiary/aromatic N) is 3. The van der Waals surface area contributed by atoms with E-state index in [1.807, 2.05) is 31.4 Å². The number of amides is 2. The third-order valence-electron chi connectivity index (χ3n) is 5.42. The first kappa shape index (κ1) is 19.7. The second-order valence-corrected chi connectivity index (χ2v) is 9.08. The molecule has 152 valence electrons. The predicted octanol–water partition coefficient (Wildman–Crippen LogP) is 3.61. The van der Waals surface area contributed by atoms with Crippen molar-refractivity contribution in [1.29, 1.82) is 0 Å². The summed E-state index contributed by atoms with van der Waals surface area (Å²) in [4.78, 5) is 33.2. The van der Waals surface area contributed by atoms with Gasteiger partial charge in [0.1, 0.15) is 5.70 Å². The van der Waals surface area contributed by atoms with Crippen molar-refractivity contribution in [2.24, 2.45) is 5.92 Å². The largest absolute Gasteiger partial charge is 0.368 e. The number of carbonyl (C=O) groups is 2. The van der Waals surface area contributed by atoms with Gasteiger partial charge in [0.25, 0.3) is 11.8 Å². The molecule has 29 heavy (non-hydrogen) atoms. The molecule has 3 heterocycles. The lowest BCUT2D eigenvalue weighted by Gasteiger charge is -2.37.